The van der Waals surface area contributed by atoms with E-state index in [-0.39, 0.29) is 24.2 Å². The first-order chi connectivity index (χ1) is 12.1. The summed E-state index contributed by atoms with van der Waals surface area (Å²) in [6.45, 7) is 2.14. The molecule has 1 saturated heterocycles. The van der Waals surface area contributed by atoms with Gasteiger partial charge < -0.3 is 10.4 Å². The van der Waals surface area contributed by atoms with Gasteiger partial charge in [-0.3, -0.25) is 14.5 Å². The fourth-order valence-electron chi connectivity index (χ4n) is 3.41. The number of aliphatic carboxylic acids is 1. The number of hydrogen-bond acceptors (Lipinski definition) is 5. The molecule has 2 atom stereocenters. The maximum absolute atomic E-state index is 11.6. The number of carboxylic acids is 1. The molecule has 2 aromatic rings. The van der Waals surface area contributed by atoms with E-state index >= 15 is 0 Å². The van der Waals surface area contributed by atoms with Crippen molar-refractivity contribution >= 4 is 11.9 Å². The van der Waals surface area contributed by atoms with E-state index in [1.165, 1.54) is 0 Å². The lowest BCUT2D eigenvalue weighted by atomic mass is 9.91. The van der Waals surface area contributed by atoms with Crippen molar-refractivity contribution in [2.24, 2.45) is 5.92 Å². The Balaban J connectivity index is 1.68. The highest BCUT2D eigenvalue weighted by atomic mass is 16.4. The van der Waals surface area contributed by atoms with Crippen molar-refractivity contribution in [1.82, 2.24) is 25.6 Å². The molecule has 1 fully saturated rings. The predicted molar refractivity (Wildman–Crippen MR) is 90.0 cm³/mol. The van der Waals surface area contributed by atoms with E-state index in [0.717, 1.165) is 17.8 Å². The van der Waals surface area contributed by atoms with Crippen molar-refractivity contribution in [3.63, 3.8) is 0 Å². The molecule has 1 aromatic heterocycles. The summed E-state index contributed by atoms with van der Waals surface area (Å²) in [4.78, 5) is 25.0. The first kappa shape index (κ1) is 17.1. The SMILES string of the molecule is CNC(=O)c1ccc(CN2C[C@H](CC(=O)O)[C@H](c3cn[nH]n3)C2)cc1. The molecule has 3 N–H and O–H groups in total. The number of amides is 1. The molecule has 0 unspecified atom stereocenters. The number of aromatic amines is 1. The Morgan fingerprint density at radius 3 is 2.68 bits per heavy atom. The minimum Gasteiger partial charge on any atom is -0.481 e. The van der Waals surface area contributed by atoms with E-state index < -0.39 is 5.97 Å². The Bertz CT molecular complexity index is 729. The van der Waals surface area contributed by atoms with Crippen molar-refractivity contribution in [3.8, 4) is 0 Å². The molecule has 25 heavy (non-hydrogen) atoms. The number of carbonyl (C=O) groups excluding carboxylic acids is 1. The molecule has 0 spiro atoms. The second-order valence-corrected chi connectivity index (χ2v) is 6.33. The lowest BCUT2D eigenvalue weighted by molar-refractivity contribution is -0.138. The largest absolute Gasteiger partial charge is 0.481 e. The van der Waals surface area contributed by atoms with Crippen molar-refractivity contribution < 1.29 is 14.7 Å². The number of benzene rings is 1. The Hall–Kier alpha value is -2.74. The average molecular weight is 343 g/mol. The average Bonchev–Trinajstić information content (AvgIpc) is 3.24. The van der Waals surface area contributed by atoms with Crippen molar-refractivity contribution in [2.75, 3.05) is 20.1 Å². The molecular formula is C17H21N5O3. The molecule has 0 aliphatic carbocycles. The number of carbonyl (C=O) groups is 2. The van der Waals surface area contributed by atoms with Crippen LogP contribution in [0.1, 0.15) is 34.0 Å². The maximum Gasteiger partial charge on any atom is 0.303 e. The number of carboxylic acid groups (broad SMARTS) is 1. The summed E-state index contributed by atoms with van der Waals surface area (Å²) in [5, 5.41) is 22.4. The summed E-state index contributed by atoms with van der Waals surface area (Å²) in [6.07, 6.45) is 1.78. The third-order valence-corrected chi connectivity index (χ3v) is 4.62. The van der Waals surface area contributed by atoms with Crippen LogP contribution >= 0.6 is 0 Å². The van der Waals surface area contributed by atoms with Gasteiger partial charge in [-0.1, -0.05) is 12.1 Å². The highest BCUT2D eigenvalue weighted by Gasteiger charge is 2.36. The van der Waals surface area contributed by atoms with Crippen LogP contribution in [-0.4, -0.2) is 57.4 Å². The van der Waals surface area contributed by atoms with Crippen molar-refractivity contribution in [1.29, 1.82) is 0 Å². The van der Waals surface area contributed by atoms with Crippen LogP contribution in [0.15, 0.2) is 30.5 Å². The normalized spacial score (nSPS) is 20.5. The molecule has 2 heterocycles. The molecule has 0 saturated carbocycles. The molecule has 3 rings (SSSR count). The second-order valence-electron chi connectivity index (χ2n) is 6.33. The number of nitrogens with zero attached hydrogens (tertiary/aromatic N) is 3. The molecule has 1 aliphatic heterocycles. The van der Waals surface area contributed by atoms with Gasteiger partial charge in [0.25, 0.3) is 5.91 Å². The van der Waals surface area contributed by atoms with Crippen LogP contribution in [0.4, 0.5) is 0 Å². The monoisotopic (exact) mass is 343 g/mol. The van der Waals surface area contributed by atoms with E-state index in [0.29, 0.717) is 18.7 Å². The highest BCUT2D eigenvalue weighted by molar-refractivity contribution is 5.93. The lowest BCUT2D eigenvalue weighted by Gasteiger charge is -2.15. The quantitative estimate of drug-likeness (QED) is 0.717. The molecule has 0 radical (unpaired) electrons. The summed E-state index contributed by atoms with van der Waals surface area (Å²) in [7, 11) is 1.60. The fourth-order valence-corrected chi connectivity index (χ4v) is 3.41. The summed E-state index contributed by atoms with van der Waals surface area (Å²) in [6, 6.07) is 7.46. The Morgan fingerprint density at radius 1 is 1.32 bits per heavy atom. The van der Waals surface area contributed by atoms with Gasteiger partial charge in [0.2, 0.25) is 0 Å². The first-order valence-corrected chi connectivity index (χ1v) is 8.17. The van der Waals surface area contributed by atoms with Crippen LogP contribution in [-0.2, 0) is 11.3 Å². The van der Waals surface area contributed by atoms with Gasteiger partial charge in [-0.05, 0) is 23.6 Å². The Morgan fingerprint density at radius 2 is 2.08 bits per heavy atom. The van der Waals surface area contributed by atoms with Crippen LogP contribution in [0.25, 0.3) is 0 Å². The van der Waals surface area contributed by atoms with Gasteiger partial charge >= 0.3 is 5.97 Å². The van der Waals surface area contributed by atoms with Crippen LogP contribution in [0.3, 0.4) is 0 Å². The standard InChI is InChI=1S/C17H21N5O3/c1-18-17(25)12-4-2-11(3-5-12)8-22-9-13(6-16(23)24)14(10-22)15-7-19-21-20-15/h2-5,7,13-14H,6,8-10H2,1H3,(H,18,25)(H,23,24)(H,19,20,21)/t13-,14+/m0/s1. The molecule has 8 heteroatoms. The number of likely N-dealkylation sites (tertiary alicyclic amines) is 1. The minimum atomic E-state index is -0.796. The molecule has 1 aliphatic rings. The van der Waals surface area contributed by atoms with Crippen molar-refractivity contribution in [2.45, 2.75) is 18.9 Å². The minimum absolute atomic E-state index is 0.00717. The van der Waals surface area contributed by atoms with Gasteiger partial charge in [-0.25, -0.2) is 0 Å². The molecule has 1 aromatic carbocycles. The van der Waals surface area contributed by atoms with E-state index in [2.05, 4.69) is 25.6 Å². The van der Waals surface area contributed by atoms with E-state index in [1.807, 2.05) is 12.1 Å². The zero-order valence-electron chi connectivity index (χ0n) is 14.0. The number of nitrogens with one attached hydrogen (secondary N) is 2. The third-order valence-electron chi connectivity index (χ3n) is 4.62. The van der Waals surface area contributed by atoms with E-state index in [9.17, 15) is 14.7 Å². The number of aromatic nitrogens is 3. The van der Waals surface area contributed by atoms with Crippen LogP contribution in [0.2, 0.25) is 0 Å². The van der Waals surface area contributed by atoms with E-state index in [4.69, 9.17) is 0 Å². The summed E-state index contributed by atoms with van der Waals surface area (Å²) in [5.74, 6) is -0.844. The van der Waals surface area contributed by atoms with Gasteiger partial charge in [0.05, 0.1) is 18.3 Å². The van der Waals surface area contributed by atoms with Crippen LogP contribution in [0.5, 0.6) is 0 Å². The topological polar surface area (TPSA) is 111 Å². The number of H-pyrrole nitrogens is 1. The van der Waals surface area contributed by atoms with Gasteiger partial charge in [-0.2, -0.15) is 15.4 Å². The van der Waals surface area contributed by atoms with Gasteiger partial charge in [0, 0.05) is 38.2 Å². The summed E-state index contributed by atoms with van der Waals surface area (Å²) in [5.41, 5.74) is 2.52. The lowest BCUT2D eigenvalue weighted by Crippen LogP contribution is -2.21. The zero-order chi connectivity index (χ0) is 17.8. The predicted octanol–water partition coefficient (Wildman–Crippen LogP) is 0.855. The molecule has 8 nitrogen and oxygen atoms in total. The Labute approximate surface area is 145 Å². The maximum atomic E-state index is 11.6. The van der Waals surface area contributed by atoms with Gasteiger partial charge in [-0.15, -0.1) is 0 Å². The molecular weight excluding hydrogens is 322 g/mol. The highest BCUT2D eigenvalue weighted by Crippen LogP contribution is 2.34. The second kappa shape index (κ2) is 7.43. The van der Waals surface area contributed by atoms with Gasteiger partial charge in [0.15, 0.2) is 0 Å². The van der Waals surface area contributed by atoms with Gasteiger partial charge in [0.1, 0.15) is 0 Å². The third kappa shape index (κ3) is 4.03. The smallest absolute Gasteiger partial charge is 0.303 e. The van der Waals surface area contributed by atoms with Crippen LogP contribution < -0.4 is 5.32 Å². The van der Waals surface area contributed by atoms with Crippen LogP contribution in [0, 0.1) is 5.92 Å². The Kier molecular flexibility index (Phi) is 5.08. The number of rotatable bonds is 6. The molecule has 0 bridgehead atoms. The fraction of sp³-hybridized carbons (Fsp3) is 0.412. The molecule has 1 amide bonds. The van der Waals surface area contributed by atoms with Crippen molar-refractivity contribution in [3.05, 3.63) is 47.3 Å². The molecule has 132 valence electrons. The zero-order valence-corrected chi connectivity index (χ0v) is 14.0. The summed E-state index contributed by atoms with van der Waals surface area (Å²) >= 11 is 0. The van der Waals surface area contributed by atoms with E-state index in [1.54, 1.807) is 25.4 Å². The summed E-state index contributed by atoms with van der Waals surface area (Å²) < 4.78 is 0. The number of hydrogen-bond donors (Lipinski definition) is 3. The first-order valence-electron chi connectivity index (χ1n) is 8.17.